The van der Waals surface area contributed by atoms with Gasteiger partial charge in [-0.3, -0.25) is 4.79 Å². The average Bonchev–Trinajstić information content (AvgIpc) is 3.39. The lowest BCUT2D eigenvalue weighted by molar-refractivity contribution is -0.137. The molecular weight excluding hydrogens is 505 g/mol. The molecule has 0 unspecified atom stereocenters. The molecule has 0 spiro atoms. The molecule has 1 heterocycles. The van der Waals surface area contributed by atoms with Crippen molar-refractivity contribution < 1.29 is 22.7 Å². The van der Waals surface area contributed by atoms with Crippen LogP contribution in [0.15, 0.2) is 109 Å². The van der Waals surface area contributed by atoms with Gasteiger partial charge in [0.15, 0.2) is 5.82 Å². The Morgan fingerprint density at radius 2 is 1.46 bits per heavy atom. The molecule has 0 fully saturated rings. The van der Waals surface area contributed by atoms with E-state index in [1.807, 2.05) is 60.7 Å². The zero-order valence-electron chi connectivity index (χ0n) is 20.8. The molecule has 0 aliphatic carbocycles. The third kappa shape index (κ3) is 5.67. The van der Waals surface area contributed by atoms with Crippen LogP contribution in [0.1, 0.15) is 22.6 Å². The first-order valence-corrected chi connectivity index (χ1v) is 12.0. The largest absolute Gasteiger partial charge is 0.466 e. The van der Waals surface area contributed by atoms with Crippen molar-refractivity contribution in [2.45, 2.75) is 12.1 Å². The summed E-state index contributed by atoms with van der Waals surface area (Å²) < 4.78 is 46.4. The number of carbonyl (C=O) groups excluding carboxylic acids is 1. The van der Waals surface area contributed by atoms with Gasteiger partial charge in [-0.05, 0) is 47.5 Å². The summed E-state index contributed by atoms with van der Waals surface area (Å²) in [6.45, 7) is 0. The van der Waals surface area contributed by atoms with Crippen LogP contribution in [0.5, 0.6) is 6.01 Å². The molecule has 0 bridgehead atoms. The van der Waals surface area contributed by atoms with Gasteiger partial charge >= 0.3 is 12.2 Å². The fraction of sp³-hybridized carbons (Fsp3) is 0.100. The maximum absolute atomic E-state index is 13.4. The lowest BCUT2D eigenvalue weighted by Crippen LogP contribution is -2.22. The van der Waals surface area contributed by atoms with Gasteiger partial charge in [0.05, 0.1) is 24.3 Å². The van der Waals surface area contributed by atoms with Gasteiger partial charge in [-0.25, -0.2) is 4.68 Å². The zero-order valence-corrected chi connectivity index (χ0v) is 20.8. The number of carbonyl (C=O) groups is 1. The maximum Gasteiger partial charge on any atom is 0.416 e. The Bertz CT molecular complexity index is 1530. The van der Waals surface area contributed by atoms with Crippen LogP contribution in [0.2, 0.25) is 0 Å². The van der Waals surface area contributed by atoms with Gasteiger partial charge in [0.1, 0.15) is 0 Å². The molecule has 0 aliphatic rings. The van der Waals surface area contributed by atoms with Crippen molar-refractivity contribution in [1.82, 2.24) is 14.8 Å². The molecule has 0 saturated carbocycles. The summed E-state index contributed by atoms with van der Waals surface area (Å²) in [4.78, 5) is 17.7. The topological polar surface area (TPSA) is 69.0 Å². The van der Waals surface area contributed by atoms with E-state index >= 15 is 0 Å². The lowest BCUT2D eigenvalue weighted by Gasteiger charge is -2.18. The number of halogens is 3. The summed E-state index contributed by atoms with van der Waals surface area (Å²) in [7, 11) is 1.38. The number of rotatable bonds is 7. The first-order chi connectivity index (χ1) is 18.8. The van der Waals surface area contributed by atoms with Crippen LogP contribution in [-0.2, 0) is 11.0 Å². The predicted octanol–water partition coefficient (Wildman–Crippen LogP) is 6.73. The molecular formula is C30H23F3N4O2. The molecule has 0 saturated heterocycles. The van der Waals surface area contributed by atoms with Gasteiger partial charge in [-0.15, -0.1) is 5.10 Å². The van der Waals surface area contributed by atoms with Gasteiger partial charge in [-0.2, -0.15) is 18.2 Å². The molecule has 5 rings (SSSR count). The van der Waals surface area contributed by atoms with Crippen molar-refractivity contribution in [2.75, 3.05) is 12.4 Å². The number of hydrogen-bond donors (Lipinski definition) is 1. The third-order valence-corrected chi connectivity index (χ3v) is 6.13. The van der Waals surface area contributed by atoms with Gasteiger partial charge in [-0.1, -0.05) is 72.8 Å². The van der Waals surface area contributed by atoms with Crippen molar-refractivity contribution in [1.29, 1.82) is 0 Å². The number of methoxy groups -OCH3 is 1. The number of alkyl halides is 3. The van der Waals surface area contributed by atoms with Crippen LogP contribution in [0.25, 0.3) is 17.1 Å². The Morgan fingerprint density at radius 3 is 2.03 bits per heavy atom. The Balaban J connectivity index is 1.43. The number of nitrogens with zero attached hydrogens (tertiary/aromatic N) is 3. The van der Waals surface area contributed by atoms with Crippen molar-refractivity contribution in [3.63, 3.8) is 0 Å². The molecule has 1 aromatic heterocycles. The molecule has 0 atom stereocenters. The van der Waals surface area contributed by atoms with Crippen LogP contribution < -0.4 is 10.1 Å². The normalized spacial score (nSPS) is 11.4. The van der Waals surface area contributed by atoms with Gasteiger partial charge < -0.3 is 10.1 Å². The maximum atomic E-state index is 13.4. The number of hydrogen-bond acceptors (Lipinski definition) is 4. The number of ether oxygens (including phenoxy) is 1. The van der Waals surface area contributed by atoms with Gasteiger partial charge in [0, 0.05) is 11.3 Å². The molecule has 4 aromatic carbocycles. The monoisotopic (exact) mass is 528 g/mol. The van der Waals surface area contributed by atoms with Crippen molar-refractivity contribution >= 4 is 11.6 Å². The van der Waals surface area contributed by atoms with Crippen molar-refractivity contribution in [2.24, 2.45) is 0 Å². The number of benzene rings is 4. The highest BCUT2D eigenvalue weighted by Crippen LogP contribution is 2.33. The SMILES string of the molecule is COc1nc(-c2cccc(C(F)(F)F)c2)n(-c2ccc(NC(=O)C(c3ccccc3)c3ccccc3)cc2)n1. The summed E-state index contributed by atoms with van der Waals surface area (Å²) in [5.41, 5.74) is 2.23. The minimum Gasteiger partial charge on any atom is -0.466 e. The number of anilines is 1. The average molecular weight is 529 g/mol. The molecule has 6 nitrogen and oxygen atoms in total. The zero-order chi connectivity index (χ0) is 27.4. The Kier molecular flexibility index (Phi) is 7.14. The molecule has 39 heavy (non-hydrogen) atoms. The predicted molar refractivity (Wildman–Crippen MR) is 142 cm³/mol. The summed E-state index contributed by atoms with van der Waals surface area (Å²) in [6, 6.07) is 30.7. The van der Waals surface area contributed by atoms with Crippen molar-refractivity contribution in [3.8, 4) is 23.1 Å². The standard InChI is InChI=1S/C30H23F3N4O2/c1-39-29-35-27(22-13-8-14-23(19-22)30(31,32)33)37(36-29)25-17-15-24(16-18-25)34-28(38)26(20-9-4-2-5-10-20)21-11-6-3-7-12-21/h2-19,26H,1H3,(H,34,38). The van der Waals surface area contributed by atoms with Gasteiger partial charge in [0.25, 0.3) is 0 Å². The quantitative estimate of drug-likeness (QED) is 0.254. The second-order valence-corrected chi connectivity index (χ2v) is 8.70. The number of nitrogens with one attached hydrogen (secondary N) is 1. The fourth-order valence-corrected chi connectivity index (χ4v) is 4.27. The summed E-state index contributed by atoms with van der Waals surface area (Å²) >= 11 is 0. The van der Waals surface area contributed by atoms with Crippen LogP contribution in [0.4, 0.5) is 18.9 Å². The summed E-state index contributed by atoms with van der Waals surface area (Å²) in [6.07, 6.45) is -4.50. The molecule has 1 N–H and O–H groups in total. The first-order valence-electron chi connectivity index (χ1n) is 12.0. The lowest BCUT2D eigenvalue weighted by atomic mass is 9.90. The van der Waals surface area contributed by atoms with E-state index in [-0.39, 0.29) is 23.3 Å². The van der Waals surface area contributed by atoms with Crippen LogP contribution >= 0.6 is 0 Å². The van der Waals surface area contributed by atoms with Crippen LogP contribution in [0.3, 0.4) is 0 Å². The van der Waals surface area contributed by atoms with E-state index in [2.05, 4.69) is 15.4 Å². The number of amides is 1. The Labute approximate surface area is 222 Å². The van der Waals surface area contributed by atoms with E-state index in [1.54, 1.807) is 24.3 Å². The molecule has 9 heteroatoms. The number of aromatic nitrogens is 3. The molecule has 0 radical (unpaired) electrons. The van der Waals surface area contributed by atoms with E-state index in [1.165, 1.54) is 23.9 Å². The summed E-state index contributed by atoms with van der Waals surface area (Å²) in [5.74, 6) is -0.533. The van der Waals surface area contributed by atoms with E-state index in [9.17, 15) is 18.0 Å². The molecule has 0 aliphatic heterocycles. The van der Waals surface area contributed by atoms with E-state index < -0.39 is 17.7 Å². The molecule has 1 amide bonds. The van der Waals surface area contributed by atoms with Crippen molar-refractivity contribution in [3.05, 3.63) is 126 Å². The summed E-state index contributed by atoms with van der Waals surface area (Å²) in [5, 5.41) is 7.25. The smallest absolute Gasteiger partial charge is 0.416 e. The van der Waals surface area contributed by atoms with E-state index in [0.717, 1.165) is 23.3 Å². The van der Waals surface area contributed by atoms with Crippen LogP contribution in [0, 0.1) is 0 Å². The molecule has 196 valence electrons. The second kappa shape index (κ2) is 10.8. The second-order valence-electron chi connectivity index (χ2n) is 8.70. The van der Waals surface area contributed by atoms with E-state index in [4.69, 9.17) is 4.74 Å². The Morgan fingerprint density at radius 1 is 0.846 bits per heavy atom. The minimum atomic E-state index is -4.50. The minimum absolute atomic E-state index is 0.00774. The first kappa shape index (κ1) is 25.7. The highest BCUT2D eigenvalue weighted by Gasteiger charge is 2.31. The van der Waals surface area contributed by atoms with E-state index in [0.29, 0.717) is 11.4 Å². The highest BCUT2D eigenvalue weighted by molar-refractivity contribution is 5.98. The third-order valence-electron chi connectivity index (χ3n) is 6.13. The van der Waals surface area contributed by atoms with Gasteiger partial charge in [0.2, 0.25) is 5.91 Å². The Hall–Kier alpha value is -4.92. The molecule has 5 aromatic rings. The highest BCUT2D eigenvalue weighted by atomic mass is 19.4. The van der Waals surface area contributed by atoms with Crippen LogP contribution in [-0.4, -0.2) is 27.8 Å². The fourth-order valence-electron chi connectivity index (χ4n) is 4.27.